The van der Waals surface area contributed by atoms with E-state index in [0.717, 1.165) is 25.7 Å². The predicted molar refractivity (Wildman–Crippen MR) is 127 cm³/mol. The van der Waals surface area contributed by atoms with Crippen molar-refractivity contribution >= 4 is 5.97 Å². The number of alkyl halides is 4. The molecule has 2 fully saturated rings. The van der Waals surface area contributed by atoms with E-state index >= 15 is 17.6 Å². The lowest BCUT2D eigenvalue weighted by Gasteiger charge is -2.43. The van der Waals surface area contributed by atoms with Crippen LogP contribution >= 0.6 is 0 Å². The highest BCUT2D eigenvalue weighted by Gasteiger charge is 2.64. The third-order valence-electron chi connectivity index (χ3n) is 8.26. The number of aliphatic hydroxyl groups excluding tert-OH is 1. The molecular formula is C27H44F4O4. The second-order valence-electron chi connectivity index (χ2n) is 10.6. The van der Waals surface area contributed by atoms with E-state index in [9.17, 15) is 4.79 Å². The zero-order valence-electron chi connectivity index (χ0n) is 21.4. The number of ether oxygens (including phenoxy) is 2. The van der Waals surface area contributed by atoms with Crippen LogP contribution in [0, 0.1) is 29.6 Å². The Morgan fingerprint density at radius 2 is 1.49 bits per heavy atom. The number of rotatable bonds is 14. The van der Waals surface area contributed by atoms with Gasteiger partial charge < -0.3 is 14.6 Å². The number of esters is 1. The maximum absolute atomic E-state index is 15.2. The largest absolute Gasteiger partial charge is 0.462 e. The number of hydrogen-bond donors (Lipinski definition) is 1. The van der Waals surface area contributed by atoms with Crippen LogP contribution in [0.25, 0.3) is 0 Å². The zero-order valence-corrected chi connectivity index (χ0v) is 21.4. The molecule has 2 rings (SSSR count). The molecule has 204 valence electrons. The van der Waals surface area contributed by atoms with Gasteiger partial charge in [0.25, 0.3) is 0 Å². The lowest BCUT2D eigenvalue weighted by Crippen LogP contribution is -2.53. The first-order valence-corrected chi connectivity index (χ1v) is 13.3. The average Bonchev–Trinajstić information content (AvgIpc) is 2.86. The van der Waals surface area contributed by atoms with Crippen molar-refractivity contribution in [2.45, 2.75) is 95.8 Å². The molecule has 2 saturated carbocycles. The number of carbonyl (C=O) groups excluding carboxylic acids is 1. The fourth-order valence-corrected chi connectivity index (χ4v) is 5.88. The van der Waals surface area contributed by atoms with Crippen LogP contribution in [0.4, 0.5) is 17.6 Å². The van der Waals surface area contributed by atoms with Crippen LogP contribution in [-0.2, 0) is 14.3 Å². The molecule has 0 radical (unpaired) electrons. The molecule has 1 unspecified atom stereocenters. The summed E-state index contributed by atoms with van der Waals surface area (Å²) in [6, 6.07) is 0. The van der Waals surface area contributed by atoms with Crippen LogP contribution < -0.4 is 0 Å². The third-order valence-corrected chi connectivity index (χ3v) is 8.26. The average molecular weight is 509 g/mol. The fourth-order valence-electron chi connectivity index (χ4n) is 5.88. The van der Waals surface area contributed by atoms with Gasteiger partial charge in [0.1, 0.15) is 0 Å². The van der Waals surface area contributed by atoms with Gasteiger partial charge in [-0.1, -0.05) is 39.2 Å². The van der Waals surface area contributed by atoms with Gasteiger partial charge in [-0.25, -0.2) is 4.79 Å². The maximum atomic E-state index is 15.2. The van der Waals surface area contributed by atoms with Gasteiger partial charge in [-0.05, 0) is 63.2 Å². The molecule has 0 heterocycles. The summed E-state index contributed by atoms with van der Waals surface area (Å²) in [5.74, 6) is -11.2. The van der Waals surface area contributed by atoms with Crippen molar-refractivity contribution < 1.29 is 36.9 Å². The van der Waals surface area contributed by atoms with Crippen molar-refractivity contribution in [2.24, 2.45) is 29.6 Å². The van der Waals surface area contributed by atoms with Crippen molar-refractivity contribution in [3.8, 4) is 0 Å². The Balaban J connectivity index is 1.90. The molecule has 0 bridgehead atoms. The molecule has 2 aliphatic rings. The Bertz CT molecular complexity index is 654. The zero-order chi connectivity index (χ0) is 26.1. The van der Waals surface area contributed by atoms with E-state index in [0.29, 0.717) is 31.6 Å². The van der Waals surface area contributed by atoms with Crippen LogP contribution in [-0.4, -0.2) is 49.9 Å². The fraction of sp³-hybridized carbons (Fsp3) is 0.889. The summed E-state index contributed by atoms with van der Waals surface area (Å²) in [5.41, 5.74) is -0.0678. The number of hydrogen-bond acceptors (Lipinski definition) is 4. The molecule has 0 aliphatic heterocycles. The van der Waals surface area contributed by atoms with E-state index in [-0.39, 0.29) is 56.3 Å². The summed E-state index contributed by atoms with van der Waals surface area (Å²) in [7, 11) is 1.50. The first-order valence-electron chi connectivity index (χ1n) is 13.3. The summed E-state index contributed by atoms with van der Waals surface area (Å²) in [4.78, 5) is 11.8. The lowest BCUT2D eigenvalue weighted by molar-refractivity contribution is -0.270. The Morgan fingerprint density at radius 1 is 0.943 bits per heavy atom. The number of methoxy groups -OCH3 is 1. The molecule has 4 nitrogen and oxygen atoms in total. The lowest BCUT2D eigenvalue weighted by atomic mass is 9.69. The first-order chi connectivity index (χ1) is 16.6. The number of carbonyl (C=O) groups is 1. The monoisotopic (exact) mass is 508 g/mol. The van der Waals surface area contributed by atoms with Gasteiger partial charge in [0, 0.05) is 24.9 Å². The second-order valence-corrected chi connectivity index (χ2v) is 10.6. The second kappa shape index (κ2) is 14.0. The minimum atomic E-state index is -4.03. The van der Waals surface area contributed by atoms with Crippen molar-refractivity contribution in [1.82, 2.24) is 0 Å². The van der Waals surface area contributed by atoms with Crippen molar-refractivity contribution in [3.63, 3.8) is 0 Å². The van der Waals surface area contributed by atoms with Crippen LogP contribution in [0.15, 0.2) is 12.2 Å². The Hall–Kier alpha value is -1.15. The van der Waals surface area contributed by atoms with E-state index in [4.69, 9.17) is 14.6 Å². The molecule has 0 aromatic heterocycles. The summed E-state index contributed by atoms with van der Waals surface area (Å²) >= 11 is 0. The normalized spacial score (nSPS) is 26.8. The summed E-state index contributed by atoms with van der Waals surface area (Å²) in [6.07, 6.45) is 6.65. The highest BCUT2D eigenvalue weighted by molar-refractivity contribution is 5.87. The van der Waals surface area contributed by atoms with Crippen LogP contribution in [0.2, 0.25) is 0 Å². The van der Waals surface area contributed by atoms with Crippen LogP contribution in [0.1, 0.15) is 84.0 Å². The van der Waals surface area contributed by atoms with Gasteiger partial charge in [-0.15, -0.1) is 0 Å². The van der Waals surface area contributed by atoms with Gasteiger partial charge in [-0.3, -0.25) is 0 Å². The first kappa shape index (κ1) is 30.1. The topological polar surface area (TPSA) is 55.8 Å². The van der Waals surface area contributed by atoms with Crippen molar-refractivity contribution in [2.75, 3.05) is 26.9 Å². The van der Waals surface area contributed by atoms with Gasteiger partial charge in [0.05, 0.1) is 25.4 Å². The third kappa shape index (κ3) is 7.91. The van der Waals surface area contributed by atoms with E-state index in [1.54, 1.807) is 0 Å². The molecular weight excluding hydrogens is 464 g/mol. The van der Waals surface area contributed by atoms with Gasteiger partial charge in [-0.2, -0.15) is 17.6 Å². The summed E-state index contributed by atoms with van der Waals surface area (Å²) < 4.78 is 71.1. The summed E-state index contributed by atoms with van der Waals surface area (Å²) in [6.45, 7) is 5.30. The molecule has 8 heteroatoms. The summed E-state index contributed by atoms with van der Waals surface area (Å²) in [5, 5.41) is 8.99. The smallest absolute Gasteiger partial charge is 0.335 e. The van der Waals surface area contributed by atoms with Crippen LogP contribution in [0.3, 0.4) is 0 Å². The van der Waals surface area contributed by atoms with E-state index in [2.05, 4.69) is 13.5 Å². The standard InChI is InChI=1S/C27H44F4O4/c1-4-5-6-7-20-8-12-23(13-9-20)26(28,29)27(30,31)24-14-10-21(11-15-24)22(17-34-3)18-35-25(33)19(2)16-32/h20-24,32H,2,4-18H2,1,3H3. The van der Waals surface area contributed by atoms with Crippen molar-refractivity contribution in [1.29, 1.82) is 0 Å². The Kier molecular flexibility index (Phi) is 12.0. The van der Waals surface area contributed by atoms with Gasteiger partial charge in [0.15, 0.2) is 0 Å². The number of halogens is 4. The SMILES string of the molecule is C=C(CO)C(=O)OCC(COC)C1CCC(C(F)(F)C(F)(F)C2CCC(CCCCC)CC2)CC1. The molecule has 0 amide bonds. The van der Waals surface area contributed by atoms with Gasteiger partial charge in [0.2, 0.25) is 0 Å². The molecule has 1 N–H and O–H groups in total. The number of aliphatic hydroxyl groups is 1. The Labute approximate surface area is 207 Å². The van der Waals surface area contributed by atoms with E-state index in [1.165, 1.54) is 7.11 Å². The Morgan fingerprint density at radius 3 is 1.97 bits per heavy atom. The minimum absolute atomic E-state index is 0.00900. The van der Waals surface area contributed by atoms with E-state index < -0.39 is 36.3 Å². The molecule has 35 heavy (non-hydrogen) atoms. The minimum Gasteiger partial charge on any atom is -0.462 e. The quantitative estimate of drug-likeness (QED) is 0.121. The maximum Gasteiger partial charge on any atom is 0.335 e. The highest BCUT2D eigenvalue weighted by Crippen LogP contribution is 2.54. The molecule has 2 aliphatic carbocycles. The molecule has 1 atom stereocenters. The molecule has 0 saturated heterocycles. The molecule has 0 spiro atoms. The van der Waals surface area contributed by atoms with Gasteiger partial charge >= 0.3 is 17.8 Å². The predicted octanol–water partition coefficient (Wildman–Crippen LogP) is 6.80. The van der Waals surface area contributed by atoms with Crippen LogP contribution in [0.5, 0.6) is 0 Å². The number of unbranched alkanes of at least 4 members (excludes halogenated alkanes) is 2. The molecule has 0 aromatic carbocycles. The van der Waals surface area contributed by atoms with Crippen molar-refractivity contribution in [3.05, 3.63) is 12.2 Å². The van der Waals surface area contributed by atoms with E-state index in [1.807, 2.05) is 0 Å². The highest BCUT2D eigenvalue weighted by atomic mass is 19.3. The molecule has 0 aromatic rings.